The van der Waals surface area contributed by atoms with Crippen molar-refractivity contribution in [3.8, 4) is 0 Å². The van der Waals surface area contributed by atoms with Gasteiger partial charge in [-0.2, -0.15) is 0 Å². The van der Waals surface area contributed by atoms with E-state index < -0.39 is 5.60 Å². The number of hydrogen-bond acceptors (Lipinski definition) is 3. The number of aliphatic hydroxyl groups is 1. The predicted molar refractivity (Wildman–Crippen MR) is 126 cm³/mol. The normalized spacial score (nSPS) is 26.9. The Morgan fingerprint density at radius 3 is 2.47 bits per heavy atom. The van der Waals surface area contributed by atoms with E-state index >= 15 is 0 Å². The van der Waals surface area contributed by atoms with Crippen molar-refractivity contribution in [1.29, 1.82) is 0 Å². The van der Waals surface area contributed by atoms with Crippen molar-refractivity contribution in [3.63, 3.8) is 0 Å². The quantitative estimate of drug-likeness (QED) is 0.608. The van der Waals surface area contributed by atoms with Gasteiger partial charge in [-0.1, -0.05) is 54.8 Å². The maximum atomic E-state index is 11.5. The van der Waals surface area contributed by atoms with Crippen LogP contribution in [0.5, 0.6) is 0 Å². The summed E-state index contributed by atoms with van der Waals surface area (Å²) in [4.78, 5) is 4.93. The van der Waals surface area contributed by atoms with Gasteiger partial charge in [0.1, 0.15) is 0 Å². The summed E-state index contributed by atoms with van der Waals surface area (Å²) in [6, 6.07) is 17.5. The molecule has 2 fully saturated rings. The molecule has 3 atom stereocenters. The van der Waals surface area contributed by atoms with Gasteiger partial charge in [0, 0.05) is 48.8 Å². The summed E-state index contributed by atoms with van der Waals surface area (Å²) in [5, 5.41) is 12.4. The average Bonchev–Trinajstić information content (AvgIpc) is 2.77. The van der Waals surface area contributed by atoms with Gasteiger partial charge in [-0.3, -0.25) is 4.90 Å². The molecule has 1 heterocycles. The van der Waals surface area contributed by atoms with E-state index in [2.05, 4.69) is 60.0 Å². The van der Waals surface area contributed by atoms with Crippen LogP contribution in [0.25, 0.3) is 0 Å². The van der Waals surface area contributed by atoms with Gasteiger partial charge < -0.3 is 10.0 Å². The molecule has 0 spiro atoms. The molecule has 2 aromatic carbocycles. The molecular weight excluding hydrogens is 392 g/mol. The predicted octanol–water partition coefficient (Wildman–Crippen LogP) is 6.05. The van der Waals surface area contributed by atoms with Crippen LogP contribution < -0.4 is 4.90 Å². The molecule has 0 bridgehead atoms. The summed E-state index contributed by atoms with van der Waals surface area (Å²) in [6.07, 6.45) is 5.24. The topological polar surface area (TPSA) is 26.7 Å². The summed E-state index contributed by atoms with van der Waals surface area (Å²) >= 11 is 6.51. The molecule has 3 nitrogen and oxygen atoms in total. The highest BCUT2D eigenvalue weighted by molar-refractivity contribution is 6.31. The average molecular weight is 427 g/mol. The van der Waals surface area contributed by atoms with Gasteiger partial charge in [-0.25, -0.2) is 0 Å². The molecule has 2 aliphatic rings. The zero-order chi connectivity index (χ0) is 21.1. The van der Waals surface area contributed by atoms with Crippen LogP contribution in [0, 0.1) is 5.92 Å². The molecular formula is C26H35ClN2O. The number of nitrogens with zero attached hydrogens (tertiary/aromatic N) is 2. The van der Waals surface area contributed by atoms with E-state index in [1.165, 1.54) is 23.2 Å². The third-order valence-electron chi connectivity index (χ3n) is 7.37. The summed E-state index contributed by atoms with van der Waals surface area (Å²) < 4.78 is 0. The summed E-state index contributed by atoms with van der Waals surface area (Å²) in [6.45, 7) is 8.16. The lowest BCUT2D eigenvalue weighted by atomic mass is 9.66. The highest BCUT2D eigenvalue weighted by atomic mass is 35.5. The fraction of sp³-hybridized carbons (Fsp3) is 0.538. The third-order valence-corrected chi connectivity index (χ3v) is 7.73. The van der Waals surface area contributed by atoms with Crippen molar-refractivity contribution in [2.45, 2.75) is 64.1 Å². The Labute approximate surface area is 186 Å². The second kappa shape index (κ2) is 9.30. The van der Waals surface area contributed by atoms with Crippen LogP contribution in [0.3, 0.4) is 0 Å². The molecule has 0 aromatic heterocycles. The molecule has 1 N–H and O–H groups in total. The van der Waals surface area contributed by atoms with Gasteiger partial charge in [0.15, 0.2) is 0 Å². The lowest BCUT2D eigenvalue weighted by Gasteiger charge is -2.53. The summed E-state index contributed by atoms with van der Waals surface area (Å²) in [5.74, 6) is 0.279. The Kier molecular flexibility index (Phi) is 6.72. The number of fused-ring (bicyclic) bond motifs is 1. The Hall–Kier alpha value is -1.55. The number of benzene rings is 2. The first kappa shape index (κ1) is 21.7. The van der Waals surface area contributed by atoms with Crippen LogP contribution in [0.4, 0.5) is 5.69 Å². The van der Waals surface area contributed by atoms with Gasteiger partial charge in [-0.05, 0) is 62.4 Å². The number of rotatable bonds is 6. The Bertz CT molecular complexity index is 835. The van der Waals surface area contributed by atoms with Crippen LogP contribution >= 0.6 is 11.6 Å². The van der Waals surface area contributed by atoms with E-state index in [1.807, 2.05) is 12.1 Å². The lowest BCUT2D eigenvalue weighted by Crippen LogP contribution is -2.54. The number of anilines is 1. The number of piperidine rings is 1. The largest absolute Gasteiger partial charge is 0.389 e. The van der Waals surface area contributed by atoms with Crippen molar-refractivity contribution in [2.24, 2.45) is 5.92 Å². The van der Waals surface area contributed by atoms with Crippen LogP contribution in [-0.4, -0.2) is 35.2 Å². The Balaban J connectivity index is 1.67. The van der Waals surface area contributed by atoms with E-state index in [0.29, 0.717) is 0 Å². The Morgan fingerprint density at radius 1 is 1.03 bits per heavy atom. The minimum absolute atomic E-state index is 0.228. The molecule has 1 saturated carbocycles. The number of halogens is 1. The summed E-state index contributed by atoms with van der Waals surface area (Å²) in [5.41, 5.74) is 3.24. The van der Waals surface area contributed by atoms with Gasteiger partial charge in [-0.15, -0.1) is 0 Å². The molecule has 0 amide bonds. The number of likely N-dealkylation sites (tertiary alicyclic amines) is 1. The van der Waals surface area contributed by atoms with Crippen molar-refractivity contribution in [3.05, 3.63) is 64.7 Å². The SMILES string of the molecule is CCN(CC)c1ccc([C@H]2[C@H]3CCCC[C@@]3(O)CCN2Cc2ccccc2Cl)cc1. The van der Waals surface area contributed by atoms with Crippen LogP contribution in [0.2, 0.25) is 5.02 Å². The zero-order valence-electron chi connectivity index (χ0n) is 18.4. The smallest absolute Gasteiger partial charge is 0.0706 e. The first-order valence-electron chi connectivity index (χ1n) is 11.6. The highest BCUT2D eigenvalue weighted by Gasteiger charge is 2.48. The molecule has 162 valence electrons. The van der Waals surface area contributed by atoms with E-state index in [9.17, 15) is 5.11 Å². The molecule has 0 unspecified atom stereocenters. The standard InChI is InChI=1S/C26H35ClN2O/c1-3-28(4-2)22-14-12-20(13-15-22)25-23-10-7-8-16-26(23,30)17-18-29(25)19-21-9-5-6-11-24(21)27/h5-6,9,11-15,23,25,30H,3-4,7-8,10,16-19H2,1-2H3/t23-,25+,26-/m1/s1. The van der Waals surface area contributed by atoms with Gasteiger partial charge in [0.05, 0.1) is 5.60 Å². The monoisotopic (exact) mass is 426 g/mol. The van der Waals surface area contributed by atoms with Crippen molar-refractivity contribution in [2.75, 3.05) is 24.5 Å². The van der Waals surface area contributed by atoms with Crippen molar-refractivity contribution in [1.82, 2.24) is 4.90 Å². The zero-order valence-corrected chi connectivity index (χ0v) is 19.1. The first-order valence-corrected chi connectivity index (χ1v) is 12.0. The Morgan fingerprint density at radius 2 is 1.77 bits per heavy atom. The maximum Gasteiger partial charge on any atom is 0.0706 e. The van der Waals surface area contributed by atoms with E-state index in [-0.39, 0.29) is 12.0 Å². The van der Waals surface area contributed by atoms with E-state index in [4.69, 9.17) is 11.6 Å². The molecule has 4 rings (SSSR count). The van der Waals surface area contributed by atoms with Crippen LogP contribution in [0.15, 0.2) is 48.5 Å². The fourth-order valence-corrected chi connectivity index (χ4v) is 5.87. The molecule has 30 heavy (non-hydrogen) atoms. The van der Waals surface area contributed by atoms with Crippen molar-refractivity contribution < 1.29 is 5.11 Å². The first-order chi connectivity index (χ1) is 14.6. The minimum atomic E-state index is -0.530. The molecule has 1 aliphatic heterocycles. The lowest BCUT2D eigenvalue weighted by molar-refractivity contribution is -0.126. The summed E-state index contributed by atoms with van der Waals surface area (Å²) in [7, 11) is 0. The minimum Gasteiger partial charge on any atom is -0.389 e. The molecule has 2 aromatic rings. The fourth-order valence-electron chi connectivity index (χ4n) is 5.68. The van der Waals surface area contributed by atoms with Gasteiger partial charge >= 0.3 is 0 Å². The van der Waals surface area contributed by atoms with Gasteiger partial charge in [0.2, 0.25) is 0 Å². The van der Waals surface area contributed by atoms with E-state index in [1.54, 1.807) is 0 Å². The second-order valence-corrected chi connectivity index (χ2v) is 9.38. The molecule has 4 heteroatoms. The maximum absolute atomic E-state index is 11.5. The highest BCUT2D eigenvalue weighted by Crippen LogP contribution is 2.49. The van der Waals surface area contributed by atoms with Gasteiger partial charge in [0.25, 0.3) is 0 Å². The number of hydrogen-bond donors (Lipinski definition) is 1. The molecule has 1 aliphatic carbocycles. The van der Waals surface area contributed by atoms with Crippen LogP contribution in [0.1, 0.15) is 63.1 Å². The third kappa shape index (κ3) is 4.26. The molecule has 1 saturated heterocycles. The van der Waals surface area contributed by atoms with E-state index in [0.717, 1.165) is 56.9 Å². The van der Waals surface area contributed by atoms with Crippen LogP contribution in [-0.2, 0) is 6.54 Å². The molecule has 0 radical (unpaired) electrons. The second-order valence-electron chi connectivity index (χ2n) is 8.98. The van der Waals surface area contributed by atoms with Crippen molar-refractivity contribution >= 4 is 17.3 Å².